The van der Waals surface area contributed by atoms with E-state index >= 15 is 0 Å². The zero-order valence-corrected chi connectivity index (χ0v) is 15.6. The minimum atomic E-state index is -0.374. The SMILES string of the molecule is CCOC(=O)c1ccc2c(c1)[C@@H]1OCCC[C@@H]1[C@H](c1cccc([N+](=O)[O-])c1)N2. The normalized spacial score (nSPS) is 23.1. The highest BCUT2D eigenvalue weighted by atomic mass is 16.6. The summed E-state index contributed by atoms with van der Waals surface area (Å²) in [5.41, 5.74) is 3.28. The molecule has 0 amide bonds. The van der Waals surface area contributed by atoms with Crippen LogP contribution in [0.2, 0.25) is 0 Å². The molecule has 1 N–H and O–H groups in total. The molecular formula is C21H22N2O5. The summed E-state index contributed by atoms with van der Waals surface area (Å²) in [5.74, 6) is -0.223. The fourth-order valence-electron chi connectivity index (χ4n) is 4.17. The lowest BCUT2D eigenvalue weighted by atomic mass is 9.77. The summed E-state index contributed by atoms with van der Waals surface area (Å²) in [6.45, 7) is 2.76. The summed E-state index contributed by atoms with van der Waals surface area (Å²) in [5, 5.41) is 14.7. The second-order valence-corrected chi connectivity index (χ2v) is 7.09. The minimum Gasteiger partial charge on any atom is -0.462 e. The molecule has 3 atom stereocenters. The van der Waals surface area contributed by atoms with Crippen molar-refractivity contribution >= 4 is 17.3 Å². The van der Waals surface area contributed by atoms with Gasteiger partial charge in [-0.05, 0) is 43.5 Å². The third-order valence-electron chi connectivity index (χ3n) is 5.42. The van der Waals surface area contributed by atoms with E-state index < -0.39 is 0 Å². The number of esters is 1. The molecule has 0 spiro atoms. The number of ether oxygens (including phenoxy) is 2. The Morgan fingerprint density at radius 3 is 2.96 bits per heavy atom. The molecule has 0 unspecified atom stereocenters. The molecule has 2 heterocycles. The first-order valence-corrected chi connectivity index (χ1v) is 9.52. The molecule has 2 aromatic carbocycles. The summed E-state index contributed by atoms with van der Waals surface area (Å²) >= 11 is 0. The van der Waals surface area contributed by atoms with Crippen LogP contribution in [0.5, 0.6) is 0 Å². The maximum Gasteiger partial charge on any atom is 0.338 e. The largest absolute Gasteiger partial charge is 0.462 e. The van der Waals surface area contributed by atoms with Gasteiger partial charge < -0.3 is 14.8 Å². The Bertz CT molecular complexity index is 913. The zero-order chi connectivity index (χ0) is 19.7. The van der Waals surface area contributed by atoms with Gasteiger partial charge in [-0.1, -0.05) is 12.1 Å². The van der Waals surface area contributed by atoms with Crippen molar-refractivity contribution in [1.82, 2.24) is 0 Å². The van der Waals surface area contributed by atoms with Crippen LogP contribution in [0.1, 0.15) is 53.4 Å². The summed E-state index contributed by atoms with van der Waals surface area (Å²) in [6, 6.07) is 12.1. The average Bonchev–Trinajstić information content (AvgIpc) is 2.73. The Balaban J connectivity index is 1.72. The molecule has 2 aromatic rings. The van der Waals surface area contributed by atoms with Crippen molar-refractivity contribution in [2.45, 2.75) is 31.9 Å². The highest BCUT2D eigenvalue weighted by molar-refractivity contribution is 5.90. The van der Waals surface area contributed by atoms with E-state index in [2.05, 4.69) is 5.32 Å². The number of benzene rings is 2. The number of hydrogen-bond donors (Lipinski definition) is 1. The highest BCUT2D eigenvalue weighted by Gasteiger charge is 2.40. The van der Waals surface area contributed by atoms with E-state index in [9.17, 15) is 14.9 Å². The fraction of sp³-hybridized carbons (Fsp3) is 0.381. The van der Waals surface area contributed by atoms with Crippen LogP contribution in [-0.2, 0) is 9.47 Å². The van der Waals surface area contributed by atoms with Crippen molar-refractivity contribution < 1.29 is 19.2 Å². The molecule has 1 fully saturated rings. The van der Waals surface area contributed by atoms with Crippen LogP contribution in [0.25, 0.3) is 0 Å². The van der Waals surface area contributed by atoms with Crippen LogP contribution in [0.15, 0.2) is 42.5 Å². The van der Waals surface area contributed by atoms with Gasteiger partial charge in [0.25, 0.3) is 5.69 Å². The van der Waals surface area contributed by atoms with Gasteiger partial charge in [0, 0.05) is 35.9 Å². The lowest BCUT2D eigenvalue weighted by Crippen LogP contribution is -2.36. The van der Waals surface area contributed by atoms with Crippen LogP contribution in [0, 0.1) is 16.0 Å². The number of nitrogens with one attached hydrogen (secondary N) is 1. The van der Waals surface area contributed by atoms with Gasteiger partial charge in [0.15, 0.2) is 0 Å². The van der Waals surface area contributed by atoms with Gasteiger partial charge in [0.05, 0.1) is 29.2 Å². The van der Waals surface area contributed by atoms with Crippen LogP contribution < -0.4 is 5.32 Å². The van der Waals surface area contributed by atoms with E-state index in [1.807, 2.05) is 18.2 Å². The molecule has 2 aliphatic rings. The Hall–Kier alpha value is -2.93. The van der Waals surface area contributed by atoms with Gasteiger partial charge in [-0.2, -0.15) is 0 Å². The van der Waals surface area contributed by atoms with Crippen molar-refractivity contribution in [3.8, 4) is 0 Å². The Kier molecular flexibility index (Phi) is 5.00. The predicted molar refractivity (Wildman–Crippen MR) is 103 cm³/mol. The number of nitro benzene ring substituents is 1. The Labute approximate surface area is 162 Å². The van der Waals surface area contributed by atoms with Gasteiger partial charge in [-0.3, -0.25) is 10.1 Å². The maximum atomic E-state index is 12.1. The van der Waals surface area contributed by atoms with Crippen LogP contribution >= 0.6 is 0 Å². The van der Waals surface area contributed by atoms with Crippen molar-refractivity contribution in [2.75, 3.05) is 18.5 Å². The number of non-ortho nitro benzene ring substituents is 1. The van der Waals surface area contributed by atoms with Crippen molar-refractivity contribution in [1.29, 1.82) is 0 Å². The first kappa shape index (κ1) is 18.4. The molecule has 28 heavy (non-hydrogen) atoms. The second-order valence-electron chi connectivity index (χ2n) is 7.09. The quantitative estimate of drug-likeness (QED) is 0.479. The number of nitro groups is 1. The van der Waals surface area contributed by atoms with Gasteiger partial charge in [0.2, 0.25) is 0 Å². The Morgan fingerprint density at radius 2 is 2.18 bits per heavy atom. The lowest BCUT2D eigenvalue weighted by molar-refractivity contribution is -0.384. The average molecular weight is 382 g/mol. The molecule has 7 heteroatoms. The molecule has 2 aliphatic heterocycles. The van der Waals surface area contributed by atoms with Crippen LogP contribution in [-0.4, -0.2) is 24.1 Å². The van der Waals surface area contributed by atoms with Crippen LogP contribution in [0.3, 0.4) is 0 Å². The van der Waals surface area contributed by atoms with Crippen molar-refractivity contribution in [3.05, 3.63) is 69.3 Å². The van der Waals surface area contributed by atoms with E-state index in [1.165, 1.54) is 6.07 Å². The van der Waals surface area contributed by atoms with Gasteiger partial charge >= 0.3 is 5.97 Å². The monoisotopic (exact) mass is 382 g/mol. The van der Waals surface area contributed by atoms with Gasteiger partial charge in [-0.15, -0.1) is 0 Å². The van der Waals surface area contributed by atoms with Crippen molar-refractivity contribution in [2.24, 2.45) is 5.92 Å². The third kappa shape index (κ3) is 3.33. The molecule has 1 saturated heterocycles. The third-order valence-corrected chi connectivity index (χ3v) is 5.42. The fourth-order valence-corrected chi connectivity index (χ4v) is 4.17. The van der Waals surface area contributed by atoms with Gasteiger partial charge in [-0.25, -0.2) is 4.79 Å². The summed E-state index contributed by atoms with van der Waals surface area (Å²) < 4.78 is 11.2. The van der Waals surface area contributed by atoms with Gasteiger partial charge in [0.1, 0.15) is 0 Å². The van der Waals surface area contributed by atoms with E-state index in [0.717, 1.165) is 29.7 Å². The predicted octanol–water partition coefficient (Wildman–Crippen LogP) is 4.41. The molecule has 0 bridgehead atoms. The number of carbonyl (C=O) groups excluding carboxylic acids is 1. The van der Waals surface area contributed by atoms with E-state index in [0.29, 0.717) is 18.8 Å². The molecule has 0 aromatic heterocycles. The molecule has 4 rings (SSSR count). The summed E-state index contributed by atoms with van der Waals surface area (Å²) in [4.78, 5) is 22.9. The molecule has 146 valence electrons. The first-order valence-electron chi connectivity index (χ1n) is 9.52. The van der Waals surface area contributed by atoms with E-state index in [4.69, 9.17) is 9.47 Å². The second kappa shape index (κ2) is 7.59. The number of anilines is 1. The topological polar surface area (TPSA) is 90.7 Å². The number of nitrogens with zero attached hydrogens (tertiary/aromatic N) is 1. The molecule has 0 aliphatic carbocycles. The number of carbonyl (C=O) groups is 1. The molecule has 0 radical (unpaired) electrons. The van der Waals surface area contributed by atoms with E-state index in [1.54, 1.807) is 25.1 Å². The van der Waals surface area contributed by atoms with Crippen LogP contribution in [0.4, 0.5) is 11.4 Å². The molecule has 7 nitrogen and oxygen atoms in total. The summed E-state index contributed by atoms with van der Waals surface area (Å²) in [6.07, 6.45) is 1.71. The molecule has 0 saturated carbocycles. The minimum absolute atomic E-state index is 0.0797. The van der Waals surface area contributed by atoms with Crippen molar-refractivity contribution in [3.63, 3.8) is 0 Å². The standard InChI is InChI=1S/C21H22N2O5/c1-2-27-21(24)14-8-9-18-17(12-14)20-16(7-4-10-28-20)19(22-18)13-5-3-6-15(11-13)23(25)26/h3,5-6,8-9,11-12,16,19-20,22H,2,4,7,10H2,1H3/t16-,19+,20-/m1/s1. The molecular weight excluding hydrogens is 360 g/mol. The maximum absolute atomic E-state index is 12.1. The lowest BCUT2D eigenvalue weighted by Gasteiger charge is -2.43. The number of hydrogen-bond acceptors (Lipinski definition) is 6. The van der Waals surface area contributed by atoms with E-state index in [-0.39, 0.29) is 34.6 Å². The highest BCUT2D eigenvalue weighted by Crippen LogP contribution is 2.49. The number of fused-ring (bicyclic) bond motifs is 3. The number of rotatable bonds is 4. The Morgan fingerprint density at radius 1 is 1.32 bits per heavy atom. The zero-order valence-electron chi connectivity index (χ0n) is 15.6. The smallest absolute Gasteiger partial charge is 0.338 e. The summed E-state index contributed by atoms with van der Waals surface area (Å²) in [7, 11) is 0. The first-order chi connectivity index (χ1) is 13.6.